The second kappa shape index (κ2) is 9.40. The Kier molecular flexibility index (Phi) is 6.35. The van der Waals surface area contributed by atoms with Crippen molar-refractivity contribution in [3.05, 3.63) is 54.1 Å². The van der Waals surface area contributed by atoms with Crippen molar-refractivity contribution < 1.29 is 40.7 Å². The summed E-state index contributed by atoms with van der Waals surface area (Å²) in [6, 6.07) is 2.62. The molecule has 0 spiro atoms. The minimum absolute atomic E-state index is 0.00102. The van der Waals surface area contributed by atoms with Crippen LogP contribution in [0.2, 0.25) is 0 Å². The Balaban J connectivity index is 1.27. The highest BCUT2D eigenvalue weighted by molar-refractivity contribution is 6.12. The Bertz CT molecular complexity index is 1390. The smallest absolute Gasteiger partial charge is 0.417 e. The maximum absolute atomic E-state index is 13.2. The van der Waals surface area contributed by atoms with Gasteiger partial charge < -0.3 is 4.74 Å². The van der Waals surface area contributed by atoms with Crippen LogP contribution in [0, 0.1) is 0 Å². The molecule has 38 heavy (non-hydrogen) atoms. The Morgan fingerprint density at radius 1 is 0.868 bits per heavy atom. The first-order valence-electron chi connectivity index (χ1n) is 11.6. The molecule has 1 aliphatic carbocycles. The van der Waals surface area contributed by atoms with Crippen molar-refractivity contribution in [1.82, 2.24) is 19.9 Å². The van der Waals surface area contributed by atoms with Crippen molar-refractivity contribution in [3.8, 4) is 5.88 Å². The van der Waals surface area contributed by atoms with E-state index in [4.69, 9.17) is 4.74 Å². The lowest BCUT2D eigenvalue weighted by atomic mass is 9.92. The number of aromatic nitrogens is 3. The predicted octanol–water partition coefficient (Wildman–Crippen LogP) is 5.22. The van der Waals surface area contributed by atoms with Gasteiger partial charge in [0.15, 0.2) is 0 Å². The van der Waals surface area contributed by atoms with Gasteiger partial charge in [-0.3, -0.25) is 19.6 Å². The molecule has 0 atom stereocenters. The second-order valence-electron chi connectivity index (χ2n) is 9.02. The molecule has 1 aliphatic heterocycles. The molecule has 2 aliphatic rings. The molecule has 3 aromatic rings. The lowest BCUT2D eigenvalue weighted by Crippen LogP contribution is -2.44. The molecular weight excluding hydrogens is 520 g/mol. The molecule has 3 amide bonds. The molecule has 8 nitrogen and oxygen atoms in total. The normalized spacial score (nSPS) is 20.9. The van der Waals surface area contributed by atoms with E-state index in [-0.39, 0.29) is 22.5 Å². The van der Waals surface area contributed by atoms with Gasteiger partial charge in [-0.2, -0.15) is 26.3 Å². The molecule has 0 bridgehead atoms. The van der Waals surface area contributed by atoms with Gasteiger partial charge in [-0.25, -0.2) is 14.8 Å². The second-order valence-corrected chi connectivity index (χ2v) is 9.02. The van der Waals surface area contributed by atoms with Gasteiger partial charge in [0.2, 0.25) is 5.88 Å². The number of nitrogens with zero attached hydrogens (tertiary/aromatic N) is 5. The average Bonchev–Trinajstić information content (AvgIpc) is 3.17. The van der Waals surface area contributed by atoms with E-state index in [1.54, 1.807) is 0 Å². The van der Waals surface area contributed by atoms with Gasteiger partial charge in [0.05, 0.1) is 33.9 Å². The molecule has 5 rings (SSSR count). The standard InChI is InChI=1S/C24H19F6N5O3/c25-23(26,27)13-1-6-19-18(8-13)21(33-12-32-19)38-17-4-2-15(3-5-17)35-20(36)11-34(22(35)37)16-7-14(9-31-10-16)24(28,29)30/h1,6-10,12,15,17H,2-5,11H2. The number of carbonyl (C=O) groups is 2. The number of rotatable bonds is 4. The number of hydrogen-bond donors (Lipinski definition) is 0. The van der Waals surface area contributed by atoms with Crippen molar-refractivity contribution >= 4 is 28.5 Å². The van der Waals surface area contributed by atoms with Crippen LogP contribution in [0.15, 0.2) is 43.0 Å². The third-order valence-corrected chi connectivity index (χ3v) is 6.58. The summed E-state index contributed by atoms with van der Waals surface area (Å²) >= 11 is 0. The number of pyridine rings is 1. The van der Waals surface area contributed by atoms with Crippen LogP contribution in [0.1, 0.15) is 36.8 Å². The third-order valence-electron chi connectivity index (χ3n) is 6.58. The monoisotopic (exact) mass is 539 g/mol. The molecule has 1 aromatic carbocycles. The maximum Gasteiger partial charge on any atom is 0.417 e. The van der Waals surface area contributed by atoms with E-state index in [9.17, 15) is 35.9 Å². The Labute approximate surface area is 211 Å². The number of hydrogen-bond acceptors (Lipinski definition) is 6. The number of urea groups is 1. The quantitative estimate of drug-likeness (QED) is 0.334. The van der Waals surface area contributed by atoms with Gasteiger partial charge in [-0.05, 0) is 49.9 Å². The van der Waals surface area contributed by atoms with Crippen LogP contribution in [-0.2, 0) is 17.1 Å². The van der Waals surface area contributed by atoms with Crippen molar-refractivity contribution in [2.24, 2.45) is 0 Å². The Morgan fingerprint density at radius 2 is 1.58 bits per heavy atom. The van der Waals surface area contributed by atoms with Crippen LogP contribution in [0.4, 0.5) is 36.8 Å². The summed E-state index contributed by atoms with van der Waals surface area (Å²) in [5.74, 6) is -0.542. The fraction of sp³-hybridized carbons (Fsp3) is 0.375. The van der Waals surface area contributed by atoms with E-state index in [2.05, 4.69) is 15.0 Å². The summed E-state index contributed by atoms with van der Waals surface area (Å²) in [6.45, 7) is -0.410. The van der Waals surface area contributed by atoms with Crippen LogP contribution >= 0.6 is 0 Å². The molecule has 2 fully saturated rings. The van der Waals surface area contributed by atoms with E-state index < -0.39 is 54.1 Å². The highest BCUT2D eigenvalue weighted by atomic mass is 19.4. The van der Waals surface area contributed by atoms with Gasteiger partial charge >= 0.3 is 18.4 Å². The first kappa shape index (κ1) is 25.7. The molecule has 200 valence electrons. The van der Waals surface area contributed by atoms with Crippen molar-refractivity contribution in [2.75, 3.05) is 11.4 Å². The number of carbonyl (C=O) groups excluding carboxylic acids is 2. The van der Waals surface area contributed by atoms with Gasteiger partial charge in [0, 0.05) is 12.2 Å². The topological polar surface area (TPSA) is 88.5 Å². The minimum atomic E-state index is -4.66. The van der Waals surface area contributed by atoms with E-state index in [1.807, 2.05) is 0 Å². The van der Waals surface area contributed by atoms with Crippen molar-refractivity contribution in [1.29, 1.82) is 0 Å². The molecule has 14 heteroatoms. The summed E-state index contributed by atoms with van der Waals surface area (Å²) < 4.78 is 84.6. The number of benzene rings is 1. The summed E-state index contributed by atoms with van der Waals surface area (Å²) in [4.78, 5) is 39.2. The fourth-order valence-electron chi connectivity index (χ4n) is 4.69. The van der Waals surface area contributed by atoms with Gasteiger partial charge in [-0.15, -0.1) is 0 Å². The lowest BCUT2D eigenvalue weighted by molar-refractivity contribution is -0.138. The molecule has 2 aromatic heterocycles. The van der Waals surface area contributed by atoms with Crippen LogP contribution in [-0.4, -0.2) is 50.5 Å². The molecule has 0 N–H and O–H groups in total. The summed E-state index contributed by atoms with van der Waals surface area (Å²) in [7, 11) is 0. The number of amides is 3. The van der Waals surface area contributed by atoms with Crippen LogP contribution in [0.5, 0.6) is 5.88 Å². The van der Waals surface area contributed by atoms with E-state index in [1.165, 1.54) is 12.4 Å². The van der Waals surface area contributed by atoms with Crippen LogP contribution < -0.4 is 9.64 Å². The maximum atomic E-state index is 13.2. The lowest BCUT2D eigenvalue weighted by Gasteiger charge is -2.33. The van der Waals surface area contributed by atoms with Gasteiger partial charge in [0.25, 0.3) is 5.91 Å². The number of alkyl halides is 6. The molecule has 0 unspecified atom stereocenters. The summed E-state index contributed by atoms with van der Waals surface area (Å²) in [5, 5.41) is 0.111. The molecule has 0 radical (unpaired) electrons. The number of halogens is 6. The van der Waals surface area contributed by atoms with Crippen molar-refractivity contribution in [3.63, 3.8) is 0 Å². The summed E-state index contributed by atoms with van der Waals surface area (Å²) in [6.07, 6.45) is -5.30. The zero-order valence-electron chi connectivity index (χ0n) is 19.5. The molecule has 3 heterocycles. The predicted molar refractivity (Wildman–Crippen MR) is 120 cm³/mol. The SMILES string of the molecule is O=C1CN(c2cncc(C(F)(F)F)c2)C(=O)N1C1CCC(Oc2ncnc3ccc(C(F)(F)F)cc23)CC1. The zero-order chi connectivity index (χ0) is 27.2. The Morgan fingerprint density at radius 3 is 2.26 bits per heavy atom. The first-order chi connectivity index (χ1) is 17.9. The van der Waals surface area contributed by atoms with Crippen molar-refractivity contribution in [2.45, 2.75) is 50.2 Å². The number of anilines is 1. The largest absolute Gasteiger partial charge is 0.474 e. The summed E-state index contributed by atoms with van der Waals surface area (Å²) in [5.41, 5.74) is -1.74. The highest BCUT2D eigenvalue weighted by Crippen LogP contribution is 2.36. The third kappa shape index (κ3) is 4.94. The molecular formula is C24H19F6N5O3. The van der Waals surface area contributed by atoms with Gasteiger partial charge in [-0.1, -0.05) is 0 Å². The van der Waals surface area contributed by atoms with Crippen LogP contribution in [0.25, 0.3) is 10.9 Å². The zero-order valence-corrected chi connectivity index (χ0v) is 19.5. The average molecular weight is 539 g/mol. The first-order valence-corrected chi connectivity index (χ1v) is 11.6. The minimum Gasteiger partial charge on any atom is -0.474 e. The fourth-order valence-corrected chi connectivity index (χ4v) is 4.69. The number of fused-ring (bicyclic) bond motifs is 1. The van der Waals surface area contributed by atoms with E-state index in [0.29, 0.717) is 31.9 Å². The number of ether oxygens (including phenoxy) is 1. The molecule has 1 saturated heterocycles. The van der Waals surface area contributed by atoms with Gasteiger partial charge in [0.1, 0.15) is 19.0 Å². The number of imide groups is 1. The van der Waals surface area contributed by atoms with E-state index in [0.717, 1.165) is 34.2 Å². The molecule has 1 saturated carbocycles. The van der Waals surface area contributed by atoms with Crippen LogP contribution in [0.3, 0.4) is 0 Å². The Hall–Kier alpha value is -3.97. The van der Waals surface area contributed by atoms with E-state index >= 15 is 0 Å². The highest BCUT2D eigenvalue weighted by Gasteiger charge is 2.43.